The van der Waals surface area contributed by atoms with Crippen molar-refractivity contribution in [2.45, 2.75) is 70.4 Å². The van der Waals surface area contributed by atoms with Crippen molar-refractivity contribution in [2.24, 2.45) is 5.41 Å². The summed E-state index contributed by atoms with van der Waals surface area (Å²) in [7, 11) is 0. The fraction of sp³-hybridized carbons (Fsp3) is 0.378. The molecule has 1 atom stereocenters. The molecule has 1 N–H and O–H groups in total. The van der Waals surface area contributed by atoms with E-state index in [9.17, 15) is 19.6 Å². The van der Waals surface area contributed by atoms with E-state index in [1.807, 2.05) is 35.2 Å². The Morgan fingerprint density at radius 1 is 0.774 bits per heavy atom. The van der Waals surface area contributed by atoms with Crippen LogP contribution in [0.3, 0.4) is 0 Å². The van der Waals surface area contributed by atoms with Crippen molar-refractivity contribution < 1.29 is 14.4 Å². The summed E-state index contributed by atoms with van der Waals surface area (Å²) in [6.07, 6.45) is 5.78. The number of piperazine rings is 1. The molecule has 0 spiro atoms. The van der Waals surface area contributed by atoms with Crippen molar-refractivity contribution in [3.05, 3.63) is 138 Å². The number of carbonyl (C=O) groups excluding carboxylic acids is 3. The summed E-state index contributed by atoms with van der Waals surface area (Å²) >= 11 is 0. The molecule has 6 rings (SSSR count). The smallest absolute Gasteiger partial charge is 0.249 e. The van der Waals surface area contributed by atoms with Gasteiger partial charge in [0.15, 0.2) is 0 Å². The molecule has 0 aromatic heterocycles. The van der Waals surface area contributed by atoms with E-state index in [0.29, 0.717) is 37.3 Å². The van der Waals surface area contributed by atoms with Crippen LogP contribution in [-0.2, 0) is 20.8 Å². The minimum atomic E-state index is -0.751. The fourth-order valence-electron chi connectivity index (χ4n) is 8.18. The number of hydrogen-bond donors (Lipinski definition) is 1. The monoisotopic (exact) mass is 709 g/mol. The van der Waals surface area contributed by atoms with Crippen LogP contribution < -0.4 is 10.2 Å². The first-order valence-electron chi connectivity index (χ1n) is 19.1. The largest absolute Gasteiger partial charge is 0.345 e. The van der Waals surface area contributed by atoms with E-state index >= 15 is 0 Å². The Balaban J connectivity index is 1.06. The van der Waals surface area contributed by atoms with Gasteiger partial charge in [0.1, 0.15) is 6.04 Å². The van der Waals surface area contributed by atoms with Gasteiger partial charge < -0.3 is 15.1 Å². The Morgan fingerprint density at radius 3 is 1.91 bits per heavy atom. The molecule has 0 radical (unpaired) electrons. The Hall–Kier alpha value is -5.26. The van der Waals surface area contributed by atoms with Gasteiger partial charge in [-0.1, -0.05) is 104 Å². The molecule has 8 heteroatoms. The van der Waals surface area contributed by atoms with Crippen LogP contribution in [0.2, 0.25) is 0 Å². The van der Waals surface area contributed by atoms with Crippen molar-refractivity contribution in [3.8, 4) is 6.07 Å². The van der Waals surface area contributed by atoms with Crippen LogP contribution in [0.5, 0.6) is 0 Å². The molecule has 53 heavy (non-hydrogen) atoms. The molecule has 1 unspecified atom stereocenters. The van der Waals surface area contributed by atoms with Crippen LogP contribution in [-0.4, -0.2) is 66.3 Å². The molecule has 8 nitrogen and oxygen atoms in total. The molecular formula is C45H51N5O3. The van der Waals surface area contributed by atoms with Gasteiger partial charge in [0.25, 0.3) is 0 Å². The number of aryl methyl sites for hydroxylation is 1. The van der Waals surface area contributed by atoms with Crippen molar-refractivity contribution in [3.63, 3.8) is 0 Å². The molecule has 0 bridgehead atoms. The first-order chi connectivity index (χ1) is 25.8. The van der Waals surface area contributed by atoms with Gasteiger partial charge in [0.05, 0.1) is 17.7 Å². The van der Waals surface area contributed by atoms with Gasteiger partial charge in [-0.15, -0.1) is 0 Å². The topological polar surface area (TPSA) is 96.8 Å². The van der Waals surface area contributed by atoms with Crippen molar-refractivity contribution in [2.75, 3.05) is 37.6 Å². The van der Waals surface area contributed by atoms with Crippen molar-refractivity contribution in [1.29, 1.82) is 5.26 Å². The number of hydrogen-bond acceptors (Lipinski definition) is 5. The lowest BCUT2D eigenvalue weighted by molar-refractivity contribution is -0.137. The van der Waals surface area contributed by atoms with Crippen LogP contribution >= 0.6 is 0 Å². The lowest BCUT2D eigenvalue weighted by atomic mass is 9.78. The first kappa shape index (κ1) is 37.5. The number of rotatable bonds is 14. The zero-order chi connectivity index (χ0) is 37.0. The number of carbonyl (C=O) groups is 3. The lowest BCUT2D eigenvalue weighted by Gasteiger charge is -2.41. The minimum absolute atomic E-state index is 0.116. The summed E-state index contributed by atoms with van der Waals surface area (Å²) in [6.45, 7) is 5.06. The molecule has 1 aliphatic heterocycles. The van der Waals surface area contributed by atoms with E-state index in [4.69, 9.17) is 0 Å². The zero-order valence-electron chi connectivity index (χ0n) is 30.8. The third-order valence-electron chi connectivity index (χ3n) is 11.0. The standard InChI is InChI=1S/C45H51N5O3/c1-35(44(53)50(40-23-21-37(34-46)22-24-40)27-13-16-36-14-5-2-6-15-36)47-41(51)32-45(25-11-12-26-45)33-42(52)48-28-30-49(31-29-48)43(38-17-7-3-8-18-38)39-19-9-4-10-20-39/h2-10,14-15,17-24,35,43H,11-13,16,25-33H2,1H3,(H,47,51). The molecule has 2 fully saturated rings. The predicted molar refractivity (Wildman–Crippen MR) is 209 cm³/mol. The second kappa shape index (κ2) is 18.0. The average molecular weight is 710 g/mol. The Labute approximate surface area is 314 Å². The maximum Gasteiger partial charge on any atom is 0.249 e. The number of nitriles is 1. The highest BCUT2D eigenvalue weighted by Gasteiger charge is 2.40. The highest BCUT2D eigenvalue weighted by atomic mass is 16.2. The van der Waals surface area contributed by atoms with Crippen molar-refractivity contribution in [1.82, 2.24) is 15.1 Å². The minimum Gasteiger partial charge on any atom is -0.345 e. The van der Waals surface area contributed by atoms with E-state index < -0.39 is 11.5 Å². The average Bonchev–Trinajstić information content (AvgIpc) is 3.65. The highest BCUT2D eigenvalue weighted by molar-refractivity contribution is 5.99. The summed E-state index contributed by atoms with van der Waals surface area (Å²) in [5, 5.41) is 12.3. The number of nitrogens with one attached hydrogen (secondary N) is 1. The first-order valence-corrected chi connectivity index (χ1v) is 19.1. The van der Waals surface area contributed by atoms with E-state index in [1.54, 1.807) is 36.1 Å². The summed E-state index contributed by atoms with van der Waals surface area (Å²) in [5.41, 5.74) is 4.50. The number of nitrogens with zero attached hydrogens (tertiary/aromatic N) is 4. The normalized spacial score (nSPS) is 16.1. The van der Waals surface area contributed by atoms with E-state index in [1.165, 1.54) is 16.7 Å². The number of anilines is 1. The van der Waals surface area contributed by atoms with Gasteiger partial charge in [-0.05, 0) is 79.0 Å². The molecule has 4 aromatic carbocycles. The van der Waals surface area contributed by atoms with Gasteiger partial charge >= 0.3 is 0 Å². The van der Waals surface area contributed by atoms with Crippen LogP contribution in [0.1, 0.15) is 80.2 Å². The summed E-state index contributed by atoms with van der Waals surface area (Å²) in [5.74, 6) is -0.275. The zero-order valence-corrected chi connectivity index (χ0v) is 30.8. The summed E-state index contributed by atoms with van der Waals surface area (Å²) in [4.78, 5) is 47.6. The quantitative estimate of drug-likeness (QED) is 0.148. The van der Waals surface area contributed by atoms with Gasteiger partial charge in [-0.3, -0.25) is 19.3 Å². The van der Waals surface area contributed by atoms with Crippen LogP contribution in [0, 0.1) is 16.7 Å². The molecule has 1 saturated carbocycles. The predicted octanol–water partition coefficient (Wildman–Crippen LogP) is 7.30. The number of amides is 3. The summed E-state index contributed by atoms with van der Waals surface area (Å²) < 4.78 is 0. The molecule has 4 aromatic rings. The molecular weight excluding hydrogens is 659 g/mol. The van der Waals surface area contributed by atoms with Gasteiger partial charge in [0, 0.05) is 51.3 Å². The summed E-state index contributed by atoms with van der Waals surface area (Å²) in [6, 6.07) is 39.8. The Kier molecular flexibility index (Phi) is 12.7. The van der Waals surface area contributed by atoms with Gasteiger partial charge in [-0.25, -0.2) is 0 Å². The SMILES string of the molecule is CC(NC(=O)CC1(CC(=O)N2CCN(C(c3ccccc3)c3ccccc3)CC2)CCCC1)C(=O)N(CCCc1ccccc1)c1ccc(C#N)cc1. The maximum absolute atomic E-state index is 13.9. The molecule has 1 heterocycles. The third-order valence-corrected chi connectivity index (χ3v) is 11.0. The fourth-order valence-corrected chi connectivity index (χ4v) is 8.18. The van der Waals surface area contributed by atoms with E-state index in [2.05, 4.69) is 76.9 Å². The highest BCUT2D eigenvalue weighted by Crippen LogP contribution is 2.44. The molecule has 2 aliphatic rings. The maximum atomic E-state index is 13.9. The Morgan fingerprint density at radius 2 is 1.34 bits per heavy atom. The second-order valence-corrected chi connectivity index (χ2v) is 14.7. The van der Waals surface area contributed by atoms with Gasteiger partial charge in [0.2, 0.25) is 17.7 Å². The second-order valence-electron chi connectivity index (χ2n) is 14.7. The molecule has 1 aliphatic carbocycles. The van der Waals surface area contributed by atoms with E-state index in [0.717, 1.165) is 51.6 Å². The molecule has 3 amide bonds. The Bertz CT molecular complexity index is 1790. The molecule has 274 valence electrons. The molecule has 1 saturated heterocycles. The van der Waals surface area contributed by atoms with Crippen LogP contribution in [0.25, 0.3) is 0 Å². The third kappa shape index (κ3) is 9.79. The lowest BCUT2D eigenvalue weighted by Crippen LogP contribution is -2.51. The van der Waals surface area contributed by atoms with Crippen LogP contribution in [0.15, 0.2) is 115 Å². The number of benzene rings is 4. The van der Waals surface area contributed by atoms with Gasteiger partial charge in [-0.2, -0.15) is 5.26 Å². The van der Waals surface area contributed by atoms with Crippen molar-refractivity contribution >= 4 is 23.4 Å². The van der Waals surface area contributed by atoms with Crippen LogP contribution in [0.4, 0.5) is 5.69 Å². The van der Waals surface area contributed by atoms with E-state index in [-0.39, 0.29) is 30.2 Å².